The molecule has 1 saturated heterocycles. The van der Waals surface area contributed by atoms with Crippen LogP contribution in [-0.4, -0.2) is 32.9 Å². The standard InChI is InChI=1S/C19H16N2O4S2/c1-2-25-15-9-3-12(4-10-15)11-16-18(24)21(19(26)27-16)20-17(23)13-5-7-14(22)8-6-13/h3-11,22H,2H2,1H3,(H,20,23). The van der Waals surface area contributed by atoms with Crippen LogP contribution in [0.25, 0.3) is 6.08 Å². The van der Waals surface area contributed by atoms with Crippen molar-refractivity contribution < 1.29 is 19.4 Å². The second-order valence-corrected chi connectivity index (χ2v) is 7.18. The van der Waals surface area contributed by atoms with Crippen molar-refractivity contribution in [3.63, 3.8) is 0 Å². The van der Waals surface area contributed by atoms with Gasteiger partial charge in [-0.25, -0.2) is 0 Å². The molecule has 0 atom stereocenters. The Kier molecular flexibility index (Phi) is 5.78. The summed E-state index contributed by atoms with van der Waals surface area (Å²) >= 11 is 6.32. The maximum absolute atomic E-state index is 12.6. The Hall–Kier alpha value is -2.84. The number of nitrogens with zero attached hydrogens (tertiary/aromatic N) is 1. The van der Waals surface area contributed by atoms with Crippen molar-refractivity contribution in [1.29, 1.82) is 0 Å². The Morgan fingerprint density at radius 3 is 2.52 bits per heavy atom. The highest BCUT2D eigenvalue weighted by Crippen LogP contribution is 2.31. The molecule has 138 valence electrons. The fourth-order valence-electron chi connectivity index (χ4n) is 2.32. The third kappa shape index (κ3) is 4.47. The van der Waals surface area contributed by atoms with E-state index in [9.17, 15) is 14.7 Å². The van der Waals surface area contributed by atoms with Gasteiger partial charge in [0.2, 0.25) is 0 Å². The zero-order chi connectivity index (χ0) is 19.4. The van der Waals surface area contributed by atoms with Gasteiger partial charge in [0.05, 0.1) is 11.5 Å². The number of nitrogens with one attached hydrogen (secondary N) is 1. The summed E-state index contributed by atoms with van der Waals surface area (Å²) in [5.74, 6) is -0.0848. The number of hydrogen-bond donors (Lipinski definition) is 2. The molecule has 2 N–H and O–H groups in total. The number of rotatable bonds is 5. The topological polar surface area (TPSA) is 78.9 Å². The lowest BCUT2D eigenvalue weighted by molar-refractivity contribution is -0.123. The van der Waals surface area contributed by atoms with Crippen LogP contribution in [0.5, 0.6) is 11.5 Å². The van der Waals surface area contributed by atoms with Crippen molar-refractivity contribution in [2.24, 2.45) is 0 Å². The zero-order valence-electron chi connectivity index (χ0n) is 14.3. The SMILES string of the molecule is CCOc1ccc(C=C2SC(=S)N(NC(=O)c3ccc(O)cc3)C2=O)cc1. The third-order valence-corrected chi connectivity index (χ3v) is 4.93. The van der Waals surface area contributed by atoms with Crippen LogP contribution < -0.4 is 10.2 Å². The van der Waals surface area contributed by atoms with E-state index in [1.54, 1.807) is 6.08 Å². The molecule has 0 spiro atoms. The summed E-state index contributed by atoms with van der Waals surface area (Å²) in [7, 11) is 0. The summed E-state index contributed by atoms with van der Waals surface area (Å²) < 4.78 is 5.63. The lowest BCUT2D eigenvalue weighted by Gasteiger charge is -2.15. The lowest BCUT2D eigenvalue weighted by Crippen LogP contribution is -2.44. The molecule has 0 bridgehead atoms. The number of ether oxygens (including phenoxy) is 1. The molecule has 1 aliphatic rings. The maximum atomic E-state index is 12.6. The third-order valence-electron chi connectivity index (χ3n) is 3.63. The first kappa shape index (κ1) is 18.9. The lowest BCUT2D eigenvalue weighted by atomic mass is 10.2. The van der Waals surface area contributed by atoms with Gasteiger partial charge < -0.3 is 9.84 Å². The molecule has 0 unspecified atom stereocenters. The molecule has 3 rings (SSSR count). The molecule has 6 nitrogen and oxygen atoms in total. The number of amides is 2. The number of thioether (sulfide) groups is 1. The van der Waals surface area contributed by atoms with Crippen molar-refractivity contribution >= 4 is 46.2 Å². The summed E-state index contributed by atoms with van der Waals surface area (Å²) in [6, 6.07) is 13.0. The van der Waals surface area contributed by atoms with Crippen LogP contribution in [0.3, 0.4) is 0 Å². The van der Waals surface area contributed by atoms with E-state index in [1.807, 2.05) is 31.2 Å². The van der Waals surface area contributed by atoms with E-state index in [2.05, 4.69) is 5.43 Å². The first-order valence-corrected chi connectivity index (χ1v) is 9.31. The highest BCUT2D eigenvalue weighted by atomic mass is 32.2. The van der Waals surface area contributed by atoms with Crippen molar-refractivity contribution in [3.05, 3.63) is 64.6 Å². The summed E-state index contributed by atoms with van der Waals surface area (Å²) in [5.41, 5.74) is 3.62. The Morgan fingerprint density at radius 2 is 1.89 bits per heavy atom. The second-order valence-electron chi connectivity index (χ2n) is 5.51. The number of aromatic hydroxyl groups is 1. The zero-order valence-corrected chi connectivity index (χ0v) is 16.0. The monoisotopic (exact) mass is 400 g/mol. The average molecular weight is 400 g/mol. The summed E-state index contributed by atoms with van der Waals surface area (Å²) in [4.78, 5) is 25.3. The molecule has 0 radical (unpaired) electrons. The van der Waals surface area contributed by atoms with Crippen LogP contribution in [0, 0.1) is 0 Å². The molecule has 1 aliphatic heterocycles. The first-order chi connectivity index (χ1) is 13.0. The first-order valence-electron chi connectivity index (χ1n) is 8.09. The minimum absolute atomic E-state index is 0.0513. The fourth-order valence-corrected chi connectivity index (χ4v) is 3.50. The summed E-state index contributed by atoms with van der Waals surface area (Å²) in [6.45, 7) is 2.49. The normalized spacial score (nSPS) is 15.3. The minimum Gasteiger partial charge on any atom is -0.508 e. The highest BCUT2D eigenvalue weighted by Gasteiger charge is 2.33. The molecule has 0 aliphatic carbocycles. The number of thiocarbonyl (C=S) groups is 1. The van der Waals surface area contributed by atoms with Gasteiger partial charge in [0, 0.05) is 5.56 Å². The predicted octanol–water partition coefficient (Wildman–Crippen LogP) is 3.34. The van der Waals surface area contributed by atoms with E-state index < -0.39 is 11.8 Å². The van der Waals surface area contributed by atoms with Crippen molar-refractivity contribution in [1.82, 2.24) is 10.4 Å². The molecule has 0 aromatic heterocycles. The average Bonchev–Trinajstić information content (AvgIpc) is 2.91. The van der Waals surface area contributed by atoms with Crippen molar-refractivity contribution in [3.8, 4) is 11.5 Å². The Labute approximate surface area is 165 Å². The van der Waals surface area contributed by atoms with Crippen molar-refractivity contribution in [2.45, 2.75) is 6.92 Å². The molecular formula is C19H16N2O4S2. The number of phenolic OH excluding ortho intramolecular Hbond substituents is 1. The number of hydrogen-bond acceptors (Lipinski definition) is 6. The second kappa shape index (κ2) is 8.24. The van der Waals surface area contributed by atoms with Gasteiger partial charge in [-0.1, -0.05) is 23.9 Å². The van der Waals surface area contributed by atoms with Crippen LogP contribution in [-0.2, 0) is 4.79 Å². The van der Waals surface area contributed by atoms with Crippen LogP contribution in [0.4, 0.5) is 0 Å². The van der Waals surface area contributed by atoms with E-state index in [4.69, 9.17) is 17.0 Å². The van der Waals surface area contributed by atoms with E-state index in [0.717, 1.165) is 28.1 Å². The molecule has 0 saturated carbocycles. The van der Waals surface area contributed by atoms with Crippen molar-refractivity contribution in [2.75, 3.05) is 6.61 Å². The molecule has 2 aromatic carbocycles. The Morgan fingerprint density at radius 1 is 1.22 bits per heavy atom. The van der Waals surface area contributed by atoms with Crippen LogP contribution in [0.1, 0.15) is 22.8 Å². The van der Waals surface area contributed by atoms with E-state index in [1.165, 1.54) is 24.3 Å². The molecular weight excluding hydrogens is 384 g/mol. The van der Waals surface area contributed by atoms with Gasteiger partial charge in [0.25, 0.3) is 11.8 Å². The van der Waals surface area contributed by atoms with E-state index in [0.29, 0.717) is 17.1 Å². The van der Waals surface area contributed by atoms with Gasteiger partial charge >= 0.3 is 0 Å². The number of carbonyl (C=O) groups is 2. The van der Waals surface area contributed by atoms with Gasteiger partial charge in [-0.3, -0.25) is 15.0 Å². The molecule has 2 amide bonds. The van der Waals surface area contributed by atoms with E-state index in [-0.39, 0.29) is 10.1 Å². The van der Waals surface area contributed by atoms with Crippen LogP contribution in [0.15, 0.2) is 53.4 Å². The largest absolute Gasteiger partial charge is 0.508 e. The number of hydrazine groups is 1. The fraction of sp³-hybridized carbons (Fsp3) is 0.105. The van der Waals surface area contributed by atoms with E-state index >= 15 is 0 Å². The number of benzene rings is 2. The molecule has 27 heavy (non-hydrogen) atoms. The number of carbonyl (C=O) groups excluding carboxylic acids is 2. The molecule has 1 fully saturated rings. The Balaban J connectivity index is 1.72. The van der Waals surface area contributed by atoms with Crippen LogP contribution in [0.2, 0.25) is 0 Å². The quantitative estimate of drug-likeness (QED) is 0.592. The molecule has 1 heterocycles. The minimum atomic E-state index is -0.492. The van der Waals surface area contributed by atoms with Crippen LogP contribution >= 0.6 is 24.0 Å². The van der Waals surface area contributed by atoms with Gasteiger partial charge in [0.15, 0.2) is 4.32 Å². The van der Waals surface area contributed by atoms with Gasteiger partial charge in [-0.05, 0) is 67.2 Å². The summed E-state index contributed by atoms with van der Waals surface area (Å²) in [6.07, 6.45) is 1.71. The highest BCUT2D eigenvalue weighted by molar-refractivity contribution is 8.26. The summed E-state index contributed by atoms with van der Waals surface area (Å²) in [5, 5.41) is 10.3. The Bertz CT molecular complexity index is 908. The maximum Gasteiger partial charge on any atom is 0.285 e. The van der Waals surface area contributed by atoms with Gasteiger partial charge in [-0.15, -0.1) is 0 Å². The predicted molar refractivity (Wildman–Crippen MR) is 108 cm³/mol. The molecule has 8 heteroatoms. The van der Waals surface area contributed by atoms with Gasteiger partial charge in [-0.2, -0.15) is 5.01 Å². The number of phenols is 1. The molecule has 2 aromatic rings. The van der Waals surface area contributed by atoms with Gasteiger partial charge in [0.1, 0.15) is 11.5 Å². The smallest absolute Gasteiger partial charge is 0.285 e.